The van der Waals surface area contributed by atoms with Crippen molar-refractivity contribution in [3.05, 3.63) is 23.4 Å². The van der Waals surface area contributed by atoms with E-state index in [0.717, 1.165) is 107 Å². The fourth-order valence-corrected chi connectivity index (χ4v) is 9.13. The Kier molecular flexibility index (Phi) is 21.4. The molecule has 7 N–H and O–H groups in total. The summed E-state index contributed by atoms with van der Waals surface area (Å²) in [5, 5.41) is 23.7. The van der Waals surface area contributed by atoms with Gasteiger partial charge in [-0.2, -0.15) is 0 Å². The van der Waals surface area contributed by atoms with Crippen LogP contribution in [0.15, 0.2) is 28.4 Å². The second-order valence-electron chi connectivity index (χ2n) is 17.2. The van der Waals surface area contributed by atoms with Crippen molar-refractivity contribution >= 4 is 17.8 Å². The molecule has 1 saturated heterocycles. The Hall–Kier alpha value is -2.51. The van der Waals surface area contributed by atoms with Crippen molar-refractivity contribution in [3.8, 4) is 0 Å². The molecule has 4 aliphatic rings. The van der Waals surface area contributed by atoms with Crippen molar-refractivity contribution < 1.29 is 29.3 Å². The van der Waals surface area contributed by atoms with Gasteiger partial charge in [0.2, 0.25) is 11.9 Å². The number of nitrogens with zero attached hydrogens (tertiary/aromatic N) is 3. The van der Waals surface area contributed by atoms with Gasteiger partial charge in [-0.05, 0) is 90.6 Å². The molecule has 0 aromatic heterocycles. The van der Waals surface area contributed by atoms with Gasteiger partial charge >= 0.3 is 5.97 Å². The molecule has 1 fully saturated rings. The number of nitrogens with two attached hydrogens (primary N) is 2. The van der Waals surface area contributed by atoms with E-state index in [0.29, 0.717) is 58.5 Å². The van der Waals surface area contributed by atoms with E-state index in [1.165, 1.54) is 44.9 Å². The highest BCUT2D eigenvalue weighted by Gasteiger charge is 2.52. The first-order valence-corrected chi connectivity index (χ1v) is 23.1. The van der Waals surface area contributed by atoms with Crippen molar-refractivity contribution in [1.82, 2.24) is 15.1 Å². The van der Waals surface area contributed by atoms with Crippen LogP contribution in [-0.2, 0) is 19.1 Å². The van der Waals surface area contributed by atoms with Crippen LogP contribution in [0.3, 0.4) is 0 Å². The molecule has 0 aromatic carbocycles. The summed E-state index contributed by atoms with van der Waals surface area (Å²) < 4.78 is 12.6. The molecule has 12 heteroatoms. The predicted octanol–water partition coefficient (Wildman–Crippen LogP) is 6.72. The largest absolute Gasteiger partial charge is 0.462 e. The number of esters is 1. The van der Waals surface area contributed by atoms with Crippen LogP contribution >= 0.6 is 0 Å². The van der Waals surface area contributed by atoms with E-state index in [2.05, 4.69) is 29.3 Å². The standard InChI is InChI=1S/C45H80N6O6/c1-3-38-22-16-17-28-45(57-38)33-36-25-26-40-42(39(23-19-21-35(2)52)48-44(49-45)51(36)40)43(55)56-32-18-14-12-10-8-6-4-5-7-9-11-13-15-24-41(54)50(31-20-29-46)34-37(53)27-30-47/h16,22,35-38,40,52-53H,3-15,17-21,23-34,46-47H2,1-2H3,(H,48,49). The molecule has 6 atom stereocenters. The minimum absolute atomic E-state index is 0.0283. The predicted molar refractivity (Wildman–Crippen MR) is 228 cm³/mol. The molecule has 4 aliphatic heterocycles. The summed E-state index contributed by atoms with van der Waals surface area (Å²) >= 11 is 0. The van der Waals surface area contributed by atoms with E-state index >= 15 is 0 Å². The maximum absolute atomic E-state index is 13.8. The van der Waals surface area contributed by atoms with E-state index < -0.39 is 11.8 Å². The number of hydrogen-bond donors (Lipinski definition) is 5. The van der Waals surface area contributed by atoms with E-state index in [1.807, 2.05) is 6.92 Å². The number of ether oxygens (including phenoxy) is 2. The third-order valence-corrected chi connectivity index (χ3v) is 12.3. The fraction of sp³-hybridized carbons (Fsp3) is 0.844. The number of nitrogens with one attached hydrogen (secondary N) is 1. The second kappa shape index (κ2) is 25.9. The number of hydrogen-bond acceptors (Lipinski definition) is 11. The number of amides is 1. The van der Waals surface area contributed by atoms with Crippen LogP contribution in [-0.4, -0.2) is 107 Å². The number of carbonyl (C=O) groups excluding carboxylic acids is 2. The maximum atomic E-state index is 13.8. The third-order valence-electron chi connectivity index (χ3n) is 12.3. The summed E-state index contributed by atoms with van der Waals surface area (Å²) in [6, 6.07) is 0.249. The van der Waals surface area contributed by atoms with Gasteiger partial charge in [0.1, 0.15) is 0 Å². The lowest BCUT2D eigenvalue weighted by atomic mass is 9.94. The maximum Gasteiger partial charge on any atom is 0.337 e. The van der Waals surface area contributed by atoms with Crippen molar-refractivity contribution in [2.45, 2.75) is 210 Å². The Bertz CT molecular complexity index is 1290. The average Bonchev–Trinajstić information content (AvgIpc) is 3.50. The highest BCUT2D eigenvalue weighted by atomic mass is 16.5. The Balaban J connectivity index is 1.09. The molecule has 0 aromatic rings. The summed E-state index contributed by atoms with van der Waals surface area (Å²) in [5.74, 6) is 0.757. The lowest BCUT2D eigenvalue weighted by molar-refractivity contribution is -0.140. The van der Waals surface area contributed by atoms with Gasteiger partial charge in [0, 0.05) is 44.1 Å². The van der Waals surface area contributed by atoms with Crippen LogP contribution in [0.4, 0.5) is 0 Å². The minimum atomic E-state index is -0.567. The zero-order valence-corrected chi connectivity index (χ0v) is 35.8. The Morgan fingerprint density at radius 1 is 0.965 bits per heavy atom. The number of allylic oxidation sites excluding steroid dienone is 2. The lowest BCUT2D eigenvalue weighted by Crippen LogP contribution is -2.59. The van der Waals surface area contributed by atoms with E-state index in [9.17, 15) is 19.8 Å². The molecule has 1 spiro atoms. The number of carbonyl (C=O) groups is 2. The summed E-state index contributed by atoms with van der Waals surface area (Å²) in [7, 11) is 0. The van der Waals surface area contributed by atoms with Gasteiger partial charge in [-0.15, -0.1) is 0 Å². The van der Waals surface area contributed by atoms with E-state index in [4.69, 9.17) is 25.9 Å². The topological polar surface area (TPSA) is 176 Å². The van der Waals surface area contributed by atoms with Crippen LogP contribution < -0.4 is 16.8 Å². The molecule has 0 aliphatic carbocycles. The molecule has 0 saturated carbocycles. The van der Waals surface area contributed by atoms with Gasteiger partial charge in [-0.1, -0.05) is 89.7 Å². The zero-order valence-electron chi connectivity index (χ0n) is 35.8. The van der Waals surface area contributed by atoms with E-state index in [-0.39, 0.29) is 36.2 Å². The first-order valence-electron chi connectivity index (χ1n) is 23.1. The van der Waals surface area contributed by atoms with Crippen LogP contribution in [0.1, 0.15) is 174 Å². The number of aliphatic hydroxyl groups excluding tert-OH is 2. The van der Waals surface area contributed by atoms with Gasteiger partial charge in [-0.25, -0.2) is 9.79 Å². The summed E-state index contributed by atoms with van der Waals surface area (Å²) in [6.45, 7) is 6.33. The van der Waals surface area contributed by atoms with Crippen LogP contribution in [0.25, 0.3) is 0 Å². The van der Waals surface area contributed by atoms with Gasteiger partial charge in [0.25, 0.3) is 0 Å². The molecule has 6 unspecified atom stereocenters. The zero-order chi connectivity index (χ0) is 40.9. The molecule has 0 radical (unpaired) electrons. The average molecular weight is 801 g/mol. The van der Waals surface area contributed by atoms with Crippen LogP contribution in [0.2, 0.25) is 0 Å². The van der Waals surface area contributed by atoms with Gasteiger partial charge in [-0.3, -0.25) is 4.79 Å². The molecule has 1 amide bonds. The first kappa shape index (κ1) is 47.2. The monoisotopic (exact) mass is 801 g/mol. The van der Waals surface area contributed by atoms with Crippen molar-refractivity contribution in [3.63, 3.8) is 0 Å². The molecular formula is C45H80N6O6. The smallest absolute Gasteiger partial charge is 0.337 e. The summed E-state index contributed by atoms with van der Waals surface area (Å²) in [5.41, 5.74) is 12.3. The van der Waals surface area contributed by atoms with Gasteiger partial charge in [0.15, 0.2) is 5.72 Å². The third kappa shape index (κ3) is 15.6. The highest BCUT2D eigenvalue weighted by molar-refractivity contribution is 5.96. The summed E-state index contributed by atoms with van der Waals surface area (Å²) in [6.07, 6.45) is 28.0. The lowest BCUT2D eigenvalue weighted by Gasteiger charge is -2.47. The minimum Gasteiger partial charge on any atom is -0.462 e. The van der Waals surface area contributed by atoms with Crippen molar-refractivity contribution in [2.24, 2.45) is 16.5 Å². The van der Waals surface area contributed by atoms with Crippen LogP contribution in [0.5, 0.6) is 0 Å². The number of guanidine groups is 1. The van der Waals surface area contributed by atoms with Gasteiger partial charge in [0.05, 0.1) is 36.5 Å². The van der Waals surface area contributed by atoms with Crippen molar-refractivity contribution in [1.29, 1.82) is 0 Å². The van der Waals surface area contributed by atoms with Crippen molar-refractivity contribution in [2.75, 3.05) is 32.8 Å². The Labute approximate surface area is 344 Å². The van der Waals surface area contributed by atoms with Crippen LogP contribution in [0, 0.1) is 0 Å². The molecule has 4 rings (SSSR count). The molecule has 12 nitrogen and oxygen atoms in total. The van der Waals surface area contributed by atoms with E-state index in [1.54, 1.807) is 4.90 Å². The SMILES string of the molecule is CCC1C=CCCC2(CC3CCC4C(C(=O)OCCCCCCCCCCCCCCCC(=O)N(CCCN)CC(O)CCN)=C(CCCC(C)O)NC(=N2)N34)O1. The number of aliphatic imine (C=N–C) groups is 1. The molecule has 326 valence electrons. The number of unbranched alkanes of at least 4 members (excludes halogenated alkanes) is 12. The normalized spacial score (nSPS) is 23.9. The Morgan fingerprint density at radius 2 is 1.65 bits per heavy atom. The number of aliphatic hydroxyl groups is 2. The number of rotatable bonds is 29. The molecule has 0 bridgehead atoms. The fourth-order valence-electron chi connectivity index (χ4n) is 9.13. The summed E-state index contributed by atoms with van der Waals surface area (Å²) in [4.78, 5) is 35.8. The molecule has 57 heavy (non-hydrogen) atoms. The Morgan fingerprint density at radius 3 is 2.30 bits per heavy atom. The highest BCUT2D eigenvalue weighted by Crippen LogP contribution is 2.44. The second-order valence-corrected chi connectivity index (χ2v) is 17.2. The quantitative estimate of drug-likeness (QED) is 0.0310. The van der Waals surface area contributed by atoms with Gasteiger partial charge < -0.3 is 46.3 Å². The first-order chi connectivity index (χ1) is 27.7. The molecule has 4 heterocycles. The molecular weight excluding hydrogens is 721 g/mol.